The first-order valence-electron chi connectivity index (χ1n) is 7.69. The van der Waals surface area contributed by atoms with Crippen LogP contribution in [0.1, 0.15) is 31.9 Å². The Morgan fingerprint density at radius 2 is 1.95 bits per heavy atom. The molecule has 1 saturated heterocycles. The highest BCUT2D eigenvalue weighted by Crippen LogP contribution is 2.22. The Morgan fingerprint density at radius 3 is 2.57 bits per heavy atom. The monoisotopic (exact) mass is 292 g/mol. The predicted molar refractivity (Wildman–Crippen MR) is 85.7 cm³/mol. The molecule has 1 fully saturated rings. The second kappa shape index (κ2) is 7.25. The molecule has 0 spiro atoms. The van der Waals surface area contributed by atoms with E-state index in [0.717, 1.165) is 45.1 Å². The Kier molecular flexibility index (Phi) is 5.62. The topological polar surface area (TPSA) is 33.7 Å². The molecule has 21 heavy (non-hydrogen) atoms. The summed E-state index contributed by atoms with van der Waals surface area (Å²) in [6, 6.07) is 6.48. The standard InChI is InChI=1S/C17H28N2O2/c1-17(2,3)18-12-14-5-6-16(20-4)15(11-14)13-19-7-9-21-10-8-19/h5-6,11,18H,7-10,12-13H2,1-4H3. The number of rotatable bonds is 5. The predicted octanol–water partition coefficient (Wildman–Crippen LogP) is 2.42. The molecule has 2 rings (SSSR count). The van der Waals surface area contributed by atoms with Gasteiger partial charge in [0.15, 0.2) is 0 Å². The van der Waals surface area contributed by atoms with E-state index < -0.39 is 0 Å². The zero-order valence-corrected chi connectivity index (χ0v) is 13.7. The van der Waals surface area contributed by atoms with Crippen molar-refractivity contribution in [3.63, 3.8) is 0 Å². The molecular formula is C17H28N2O2. The Balaban J connectivity index is 2.06. The normalized spacial score (nSPS) is 17.0. The van der Waals surface area contributed by atoms with Gasteiger partial charge in [0.25, 0.3) is 0 Å². The minimum absolute atomic E-state index is 0.129. The van der Waals surface area contributed by atoms with E-state index in [1.165, 1.54) is 11.1 Å². The first kappa shape index (κ1) is 16.3. The van der Waals surface area contributed by atoms with Crippen molar-refractivity contribution in [3.05, 3.63) is 29.3 Å². The third-order valence-corrected chi connectivity index (χ3v) is 3.67. The second-order valence-electron chi connectivity index (χ2n) is 6.64. The van der Waals surface area contributed by atoms with Crippen LogP contribution in [0.4, 0.5) is 0 Å². The number of ether oxygens (including phenoxy) is 2. The third-order valence-electron chi connectivity index (χ3n) is 3.67. The highest BCUT2D eigenvalue weighted by Gasteiger charge is 2.14. The molecule has 118 valence electrons. The van der Waals surface area contributed by atoms with Crippen molar-refractivity contribution in [1.82, 2.24) is 10.2 Å². The molecule has 1 N–H and O–H groups in total. The lowest BCUT2D eigenvalue weighted by Crippen LogP contribution is -2.36. The summed E-state index contributed by atoms with van der Waals surface area (Å²) < 4.78 is 10.9. The average molecular weight is 292 g/mol. The molecule has 0 saturated carbocycles. The zero-order valence-electron chi connectivity index (χ0n) is 13.7. The highest BCUT2D eigenvalue weighted by molar-refractivity contribution is 5.37. The van der Waals surface area contributed by atoms with Crippen LogP contribution >= 0.6 is 0 Å². The summed E-state index contributed by atoms with van der Waals surface area (Å²) in [7, 11) is 1.74. The van der Waals surface area contributed by atoms with Crippen molar-refractivity contribution in [2.45, 2.75) is 39.4 Å². The minimum Gasteiger partial charge on any atom is -0.496 e. The van der Waals surface area contributed by atoms with E-state index in [1.807, 2.05) is 0 Å². The fraction of sp³-hybridized carbons (Fsp3) is 0.647. The van der Waals surface area contributed by atoms with E-state index in [1.54, 1.807) is 7.11 Å². The molecule has 0 bridgehead atoms. The van der Waals surface area contributed by atoms with Crippen LogP contribution in [0.25, 0.3) is 0 Å². The first-order valence-corrected chi connectivity index (χ1v) is 7.69. The number of morpholine rings is 1. The summed E-state index contributed by atoms with van der Waals surface area (Å²) in [6.07, 6.45) is 0. The lowest BCUT2D eigenvalue weighted by Gasteiger charge is -2.27. The number of hydrogen-bond acceptors (Lipinski definition) is 4. The van der Waals surface area contributed by atoms with Gasteiger partial charge in [-0.05, 0) is 38.5 Å². The fourth-order valence-electron chi connectivity index (χ4n) is 2.43. The van der Waals surface area contributed by atoms with Crippen LogP contribution in [0.2, 0.25) is 0 Å². The van der Waals surface area contributed by atoms with Crippen molar-refractivity contribution < 1.29 is 9.47 Å². The summed E-state index contributed by atoms with van der Waals surface area (Å²) in [4.78, 5) is 2.42. The number of nitrogens with zero attached hydrogens (tertiary/aromatic N) is 1. The van der Waals surface area contributed by atoms with E-state index in [-0.39, 0.29) is 5.54 Å². The summed E-state index contributed by atoms with van der Waals surface area (Å²) in [5.41, 5.74) is 2.69. The van der Waals surface area contributed by atoms with Crippen molar-refractivity contribution >= 4 is 0 Å². The molecule has 1 aliphatic rings. The van der Waals surface area contributed by atoms with Gasteiger partial charge in [0.05, 0.1) is 20.3 Å². The molecule has 4 nitrogen and oxygen atoms in total. The molecule has 0 unspecified atom stereocenters. The maximum Gasteiger partial charge on any atom is 0.123 e. The van der Waals surface area contributed by atoms with Crippen LogP contribution in [0.5, 0.6) is 5.75 Å². The maximum absolute atomic E-state index is 5.51. The van der Waals surface area contributed by atoms with Crippen molar-refractivity contribution in [2.75, 3.05) is 33.4 Å². The summed E-state index contributed by atoms with van der Waals surface area (Å²) in [5, 5.41) is 3.53. The molecule has 1 aliphatic heterocycles. The van der Waals surface area contributed by atoms with Crippen LogP contribution in [-0.2, 0) is 17.8 Å². The summed E-state index contributed by atoms with van der Waals surface area (Å²) in [6.45, 7) is 12.0. The molecule has 1 aromatic rings. The Labute approximate surface area is 128 Å². The van der Waals surface area contributed by atoms with Crippen LogP contribution in [-0.4, -0.2) is 43.9 Å². The van der Waals surface area contributed by atoms with Gasteiger partial charge < -0.3 is 14.8 Å². The number of methoxy groups -OCH3 is 1. The maximum atomic E-state index is 5.51. The lowest BCUT2D eigenvalue weighted by atomic mass is 10.1. The Bertz CT molecular complexity index is 449. The summed E-state index contributed by atoms with van der Waals surface area (Å²) in [5.74, 6) is 0.973. The van der Waals surface area contributed by atoms with Crippen molar-refractivity contribution in [3.8, 4) is 5.75 Å². The Morgan fingerprint density at radius 1 is 1.24 bits per heavy atom. The van der Waals surface area contributed by atoms with E-state index in [0.29, 0.717) is 0 Å². The fourth-order valence-corrected chi connectivity index (χ4v) is 2.43. The van der Waals surface area contributed by atoms with Crippen LogP contribution in [0.3, 0.4) is 0 Å². The molecule has 1 heterocycles. The largest absolute Gasteiger partial charge is 0.496 e. The van der Waals surface area contributed by atoms with Crippen molar-refractivity contribution in [1.29, 1.82) is 0 Å². The SMILES string of the molecule is COc1ccc(CNC(C)(C)C)cc1CN1CCOCC1. The zero-order chi connectivity index (χ0) is 15.3. The molecule has 0 atom stereocenters. The van der Waals surface area contributed by atoms with Gasteiger partial charge in [0.1, 0.15) is 5.75 Å². The van der Waals surface area contributed by atoms with Crippen LogP contribution < -0.4 is 10.1 Å². The van der Waals surface area contributed by atoms with Crippen LogP contribution in [0.15, 0.2) is 18.2 Å². The molecule has 4 heteroatoms. The Hall–Kier alpha value is -1.10. The van der Waals surface area contributed by atoms with Gasteiger partial charge in [-0.1, -0.05) is 6.07 Å². The smallest absolute Gasteiger partial charge is 0.123 e. The quantitative estimate of drug-likeness (QED) is 0.903. The van der Waals surface area contributed by atoms with Gasteiger partial charge in [-0.3, -0.25) is 4.90 Å². The van der Waals surface area contributed by atoms with Gasteiger partial charge in [-0.25, -0.2) is 0 Å². The molecule has 0 aromatic heterocycles. The van der Waals surface area contributed by atoms with E-state index in [2.05, 4.69) is 49.2 Å². The van der Waals surface area contributed by atoms with Gasteiger partial charge in [-0.2, -0.15) is 0 Å². The first-order chi connectivity index (χ1) is 9.98. The molecule has 0 aliphatic carbocycles. The van der Waals surface area contributed by atoms with Gasteiger partial charge in [0.2, 0.25) is 0 Å². The lowest BCUT2D eigenvalue weighted by molar-refractivity contribution is 0.0339. The van der Waals surface area contributed by atoms with E-state index >= 15 is 0 Å². The average Bonchev–Trinajstić information content (AvgIpc) is 2.46. The third kappa shape index (κ3) is 5.30. The number of benzene rings is 1. The summed E-state index contributed by atoms with van der Waals surface area (Å²) >= 11 is 0. The van der Waals surface area contributed by atoms with E-state index in [4.69, 9.17) is 9.47 Å². The second-order valence-corrected chi connectivity index (χ2v) is 6.64. The van der Waals surface area contributed by atoms with Gasteiger partial charge in [0, 0.05) is 37.3 Å². The number of hydrogen-bond donors (Lipinski definition) is 1. The number of nitrogens with one attached hydrogen (secondary N) is 1. The highest BCUT2D eigenvalue weighted by atomic mass is 16.5. The van der Waals surface area contributed by atoms with Crippen LogP contribution in [0, 0.1) is 0 Å². The minimum atomic E-state index is 0.129. The van der Waals surface area contributed by atoms with Crippen molar-refractivity contribution in [2.24, 2.45) is 0 Å². The van der Waals surface area contributed by atoms with Gasteiger partial charge >= 0.3 is 0 Å². The van der Waals surface area contributed by atoms with E-state index in [9.17, 15) is 0 Å². The molecular weight excluding hydrogens is 264 g/mol. The molecule has 0 radical (unpaired) electrons. The van der Waals surface area contributed by atoms with Gasteiger partial charge in [-0.15, -0.1) is 0 Å². The molecule has 1 aromatic carbocycles. The molecule has 0 amide bonds.